The minimum atomic E-state index is -0.345. The normalized spacial score (nSPS) is 21.3. The van der Waals surface area contributed by atoms with E-state index in [4.69, 9.17) is 16.3 Å². The van der Waals surface area contributed by atoms with Gasteiger partial charge >= 0.3 is 0 Å². The quantitative estimate of drug-likeness (QED) is 0.491. The Labute approximate surface area is 142 Å². The number of rotatable bonds is 4. The number of ether oxygens (including phenoxy) is 1. The van der Waals surface area contributed by atoms with Crippen molar-refractivity contribution in [3.05, 3.63) is 36.2 Å². The molecule has 1 fully saturated rings. The van der Waals surface area contributed by atoms with E-state index in [1.165, 1.54) is 32.1 Å². The van der Waals surface area contributed by atoms with E-state index in [0.717, 1.165) is 17.4 Å². The Morgan fingerprint density at radius 1 is 1.21 bits per heavy atom. The highest BCUT2D eigenvalue weighted by molar-refractivity contribution is 5.82. The Hall–Kier alpha value is -2.41. The zero-order valence-corrected chi connectivity index (χ0v) is 14.0. The number of guanidine groups is 1. The van der Waals surface area contributed by atoms with Crippen LogP contribution in [0.5, 0.6) is 5.75 Å². The molecule has 0 radical (unpaired) electrons. The van der Waals surface area contributed by atoms with E-state index in [-0.39, 0.29) is 6.17 Å². The molecule has 0 aromatic heterocycles. The molecule has 7 nitrogen and oxygen atoms in total. The van der Waals surface area contributed by atoms with Crippen LogP contribution in [0.2, 0.25) is 0 Å². The van der Waals surface area contributed by atoms with Crippen molar-refractivity contribution in [1.82, 2.24) is 10.6 Å². The van der Waals surface area contributed by atoms with Crippen LogP contribution in [0.4, 0.5) is 5.69 Å². The van der Waals surface area contributed by atoms with Gasteiger partial charge in [0.05, 0.1) is 24.7 Å². The molecule has 0 bridgehead atoms. The largest absolute Gasteiger partial charge is 0.497 e. The Bertz CT molecular complexity index is 606. The summed E-state index contributed by atoms with van der Waals surface area (Å²) in [6.07, 6.45) is 7.52. The summed E-state index contributed by atoms with van der Waals surface area (Å²) >= 11 is 0. The summed E-state index contributed by atoms with van der Waals surface area (Å²) in [5.74, 6) is 7.79. The van der Waals surface area contributed by atoms with E-state index in [0.29, 0.717) is 11.7 Å². The maximum Gasteiger partial charge on any atom is 0.198 e. The van der Waals surface area contributed by atoms with Crippen LogP contribution in [0.3, 0.4) is 0 Å². The first kappa shape index (κ1) is 16.4. The summed E-state index contributed by atoms with van der Waals surface area (Å²) in [5.41, 5.74) is 7.49. The van der Waals surface area contributed by atoms with Crippen LogP contribution < -0.4 is 32.0 Å². The highest BCUT2D eigenvalue weighted by atomic mass is 16.5. The first-order chi connectivity index (χ1) is 11.7. The lowest BCUT2D eigenvalue weighted by Gasteiger charge is -2.34. The highest BCUT2D eigenvalue weighted by Gasteiger charge is 2.24. The Morgan fingerprint density at radius 3 is 2.58 bits per heavy atom. The Morgan fingerprint density at radius 2 is 1.92 bits per heavy atom. The van der Waals surface area contributed by atoms with Crippen molar-refractivity contribution < 1.29 is 4.74 Å². The molecule has 130 valence electrons. The summed E-state index contributed by atoms with van der Waals surface area (Å²) in [6, 6.07) is 7.99. The molecule has 2 aliphatic rings. The number of hydrogen-bond donors (Lipinski definition) is 4. The van der Waals surface area contributed by atoms with E-state index >= 15 is 0 Å². The summed E-state index contributed by atoms with van der Waals surface area (Å²) in [4.78, 5) is 4.36. The molecular formula is C17H26N6O. The van der Waals surface area contributed by atoms with Gasteiger partial charge in [-0.2, -0.15) is 0 Å². The smallest absolute Gasteiger partial charge is 0.198 e. The summed E-state index contributed by atoms with van der Waals surface area (Å²) in [6.45, 7) is 0. The van der Waals surface area contributed by atoms with E-state index in [1.807, 2.05) is 24.3 Å². The summed E-state index contributed by atoms with van der Waals surface area (Å²) < 4.78 is 5.18. The third-order valence-electron chi connectivity index (χ3n) is 4.53. The standard InChI is InChI=1S/C17H26N6O/c1-24-14-9-7-13(8-10-14)23(19)16-15(18)11-20-17(22-16)21-12-5-3-2-4-6-12/h7-12,16H,2-6,18-19H2,1H3,(H2,20,21,22). The second kappa shape index (κ2) is 7.44. The Kier molecular flexibility index (Phi) is 5.10. The lowest BCUT2D eigenvalue weighted by Crippen LogP contribution is -2.59. The lowest BCUT2D eigenvalue weighted by atomic mass is 9.96. The van der Waals surface area contributed by atoms with Gasteiger partial charge in [-0.15, -0.1) is 0 Å². The van der Waals surface area contributed by atoms with Gasteiger partial charge in [-0.1, -0.05) is 19.3 Å². The van der Waals surface area contributed by atoms with Gasteiger partial charge in [-0.25, -0.2) is 10.8 Å². The lowest BCUT2D eigenvalue weighted by molar-refractivity contribution is 0.407. The number of hydrazine groups is 1. The van der Waals surface area contributed by atoms with Crippen molar-refractivity contribution in [1.29, 1.82) is 0 Å². The predicted octanol–water partition coefficient (Wildman–Crippen LogP) is 1.38. The fraction of sp³-hybridized carbons (Fsp3) is 0.471. The van der Waals surface area contributed by atoms with Crippen LogP contribution >= 0.6 is 0 Å². The fourth-order valence-corrected chi connectivity index (χ4v) is 3.11. The van der Waals surface area contributed by atoms with Crippen LogP contribution in [-0.2, 0) is 0 Å². The molecule has 1 aromatic rings. The second-order valence-electron chi connectivity index (χ2n) is 6.24. The number of benzene rings is 1. The molecule has 0 spiro atoms. The molecule has 1 aliphatic heterocycles. The van der Waals surface area contributed by atoms with E-state index in [1.54, 1.807) is 18.3 Å². The van der Waals surface area contributed by atoms with Crippen molar-refractivity contribution in [3.8, 4) is 5.75 Å². The van der Waals surface area contributed by atoms with Crippen molar-refractivity contribution in [2.45, 2.75) is 44.3 Å². The van der Waals surface area contributed by atoms with Gasteiger partial charge < -0.3 is 21.1 Å². The van der Waals surface area contributed by atoms with Crippen molar-refractivity contribution >= 4 is 11.6 Å². The Balaban J connectivity index is 1.66. The number of nitrogens with zero attached hydrogens (tertiary/aromatic N) is 2. The minimum absolute atomic E-state index is 0.345. The molecule has 24 heavy (non-hydrogen) atoms. The molecule has 1 aromatic carbocycles. The molecule has 1 heterocycles. The van der Waals surface area contributed by atoms with E-state index in [9.17, 15) is 0 Å². The van der Waals surface area contributed by atoms with Crippen LogP contribution in [0.25, 0.3) is 0 Å². The van der Waals surface area contributed by atoms with Gasteiger partial charge in [0.25, 0.3) is 0 Å². The summed E-state index contributed by atoms with van der Waals surface area (Å²) in [5, 5.41) is 8.36. The van der Waals surface area contributed by atoms with Crippen molar-refractivity contribution in [2.75, 3.05) is 12.1 Å². The molecule has 1 aliphatic carbocycles. The zero-order valence-electron chi connectivity index (χ0n) is 14.0. The predicted molar refractivity (Wildman–Crippen MR) is 96.3 cm³/mol. The maximum absolute atomic E-state index is 6.27. The van der Waals surface area contributed by atoms with Gasteiger partial charge in [-0.05, 0) is 37.1 Å². The van der Waals surface area contributed by atoms with Gasteiger partial charge in [0, 0.05) is 6.04 Å². The third-order valence-corrected chi connectivity index (χ3v) is 4.53. The zero-order chi connectivity index (χ0) is 16.9. The van der Waals surface area contributed by atoms with Gasteiger partial charge in [0.1, 0.15) is 5.75 Å². The molecule has 1 atom stereocenters. The number of anilines is 1. The first-order valence-corrected chi connectivity index (χ1v) is 8.42. The fourth-order valence-electron chi connectivity index (χ4n) is 3.11. The van der Waals surface area contributed by atoms with Gasteiger partial charge in [-0.3, -0.25) is 5.01 Å². The average molecular weight is 330 g/mol. The topological polar surface area (TPSA) is 101 Å². The number of aliphatic imine (C=N–C) groups is 1. The van der Waals surface area contributed by atoms with E-state index in [2.05, 4.69) is 15.6 Å². The molecule has 0 saturated heterocycles. The molecular weight excluding hydrogens is 304 g/mol. The summed E-state index contributed by atoms with van der Waals surface area (Å²) in [7, 11) is 1.64. The molecule has 1 saturated carbocycles. The van der Waals surface area contributed by atoms with Crippen LogP contribution in [0.1, 0.15) is 32.1 Å². The van der Waals surface area contributed by atoms with Crippen LogP contribution in [-0.4, -0.2) is 25.3 Å². The van der Waals surface area contributed by atoms with Crippen LogP contribution in [0.15, 0.2) is 41.2 Å². The highest BCUT2D eigenvalue weighted by Crippen LogP contribution is 2.21. The average Bonchev–Trinajstić information content (AvgIpc) is 2.64. The SMILES string of the molecule is COc1ccc(N(N)C2NC(NC3CCCCC3)=NC=C2N)cc1. The van der Waals surface area contributed by atoms with E-state index < -0.39 is 0 Å². The number of nitrogens with one attached hydrogen (secondary N) is 2. The molecule has 0 amide bonds. The molecule has 3 rings (SSSR count). The third kappa shape index (κ3) is 3.73. The molecule has 7 heteroatoms. The maximum atomic E-state index is 6.27. The van der Waals surface area contributed by atoms with Gasteiger partial charge in [0.15, 0.2) is 12.1 Å². The molecule has 6 N–H and O–H groups in total. The minimum Gasteiger partial charge on any atom is -0.497 e. The monoisotopic (exact) mass is 330 g/mol. The van der Waals surface area contributed by atoms with Crippen LogP contribution in [0, 0.1) is 0 Å². The molecule has 1 unspecified atom stereocenters. The number of nitrogens with two attached hydrogens (primary N) is 2. The number of methoxy groups -OCH3 is 1. The second-order valence-corrected chi connectivity index (χ2v) is 6.24. The van der Waals surface area contributed by atoms with Crippen molar-refractivity contribution in [3.63, 3.8) is 0 Å². The van der Waals surface area contributed by atoms with Gasteiger partial charge in [0.2, 0.25) is 0 Å². The first-order valence-electron chi connectivity index (χ1n) is 8.42. The van der Waals surface area contributed by atoms with Crippen molar-refractivity contribution in [2.24, 2.45) is 16.6 Å². The number of hydrogen-bond acceptors (Lipinski definition) is 7.